The minimum absolute atomic E-state index is 0.0682. The number of nitrogens with zero attached hydrogens (tertiary/aromatic N) is 1. The van der Waals surface area contributed by atoms with Gasteiger partial charge in [-0.3, -0.25) is 4.79 Å². The first-order valence-corrected chi connectivity index (χ1v) is 5.80. The molecule has 0 saturated heterocycles. The maximum atomic E-state index is 11.2. The van der Waals surface area contributed by atoms with Crippen LogP contribution in [0.1, 0.15) is 19.4 Å². The molecule has 1 unspecified atom stereocenters. The van der Waals surface area contributed by atoms with Crippen LogP contribution in [0, 0.1) is 0 Å². The quantitative estimate of drug-likeness (QED) is 0.811. The summed E-state index contributed by atoms with van der Waals surface area (Å²) in [7, 11) is 1.80. The van der Waals surface area contributed by atoms with E-state index in [0.29, 0.717) is 13.1 Å². The van der Waals surface area contributed by atoms with Gasteiger partial charge in [-0.25, -0.2) is 0 Å². The summed E-state index contributed by atoms with van der Waals surface area (Å²) in [6.45, 7) is 4.83. The highest BCUT2D eigenvalue weighted by Crippen LogP contribution is 2.13. The number of benzene rings is 1. The highest BCUT2D eigenvalue weighted by Gasteiger charge is 2.04. The zero-order valence-electron chi connectivity index (χ0n) is 10.7. The molecule has 1 atom stereocenters. The Hall–Kier alpha value is -1.55. The van der Waals surface area contributed by atoms with Crippen LogP contribution in [0.2, 0.25) is 0 Å². The standard InChI is InChI=1S/C13H21N3O/c1-10(8-14)15-13-6-4-5-12(7-13)9-16(3)11(2)17/h4-7,10,15H,8-9,14H2,1-3H3. The van der Waals surface area contributed by atoms with E-state index in [1.807, 2.05) is 31.2 Å². The molecule has 94 valence electrons. The van der Waals surface area contributed by atoms with Crippen molar-refractivity contribution in [3.8, 4) is 0 Å². The first-order chi connectivity index (χ1) is 8.02. The number of hydrogen-bond acceptors (Lipinski definition) is 3. The van der Waals surface area contributed by atoms with Crippen molar-refractivity contribution in [1.82, 2.24) is 4.90 Å². The van der Waals surface area contributed by atoms with E-state index < -0.39 is 0 Å². The Kier molecular flexibility index (Phi) is 4.97. The van der Waals surface area contributed by atoms with Crippen molar-refractivity contribution < 1.29 is 4.79 Å². The number of hydrogen-bond donors (Lipinski definition) is 2. The molecule has 4 nitrogen and oxygen atoms in total. The summed E-state index contributed by atoms with van der Waals surface area (Å²) in [5, 5.41) is 3.31. The molecule has 0 saturated carbocycles. The molecule has 1 rings (SSSR count). The number of anilines is 1. The molecule has 17 heavy (non-hydrogen) atoms. The van der Waals surface area contributed by atoms with Crippen molar-refractivity contribution in [2.45, 2.75) is 26.4 Å². The molecule has 1 aromatic carbocycles. The number of amides is 1. The average Bonchev–Trinajstić information content (AvgIpc) is 2.29. The van der Waals surface area contributed by atoms with Crippen LogP contribution in [-0.2, 0) is 11.3 Å². The predicted octanol–water partition coefficient (Wildman–Crippen LogP) is 1.42. The lowest BCUT2D eigenvalue weighted by molar-refractivity contribution is -0.128. The lowest BCUT2D eigenvalue weighted by Gasteiger charge is -2.17. The number of nitrogens with two attached hydrogens (primary N) is 1. The summed E-state index contributed by atoms with van der Waals surface area (Å²) in [5.74, 6) is 0.0682. The van der Waals surface area contributed by atoms with Crippen molar-refractivity contribution in [3.05, 3.63) is 29.8 Å². The largest absolute Gasteiger partial charge is 0.381 e. The third kappa shape index (κ3) is 4.44. The fraction of sp³-hybridized carbons (Fsp3) is 0.462. The lowest BCUT2D eigenvalue weighted by atomic mass is 10.1. The predicted molar refractivity (Wildman–Crippen MR) is 70.7 cm³/mol. The normalized spacial score (nSPS) is 12.0. The molecule has 0 aliphatic carbocycles. The summed E-state index contributed by atoms with van der Waals surface area (Å²) in [4.78, 5) is 12.8. The van der Waals surface area contributed by atoms with Gasteiger partial charge in [0, 0.05) is 38.8 Å². The van der Waals surface area contributed by atoms with Crippen LogP contribution in [0.3, 0.4) is 0 Å². The second-order valence-electron chi connectivity index (χ2n) is 4.36. The zero-order valence-corrected chi connectivity index (χ0v) is 10.7. The molecule has 3 N–H and O–H groups in total. The molecule has 0 aliphatic heterocycles. The van der Waals surface area contributed by atoms with E-state index in [0.717, 1.165) is 11.3 Å². The van der Waals surface area contributed by atoms with Gasteiger partial charge >= 0.3 is 0 Å². The van der Waals surface area contributed by atoms with Gasteiger partial charge in [-0.2, -0.15) is 0 Å². The monoisotopic (exact) mass is 235 g/mol. The molecule has 0 spiro atoms. The van der Waals surface area contributed by atoms with E-state index in [1.54, 1.807) is 18.9 Å². The molecular weight excluding hydrogens is 214 g/mol. The van der Waals surface area contributed by atoms with Crippen LogP contribution in [-0.4, -0.2) is 30.4 Å². The van der Waals surface area contributed by atoms with Gasteiger partial charge in [0.2, 0.25) is 5.91 Å². The van der Waals surface area contributed by atoms with Crippen LogP contribution >= 0.6 is 0 Å². The molecule has 4 heteroatoms. The first-order valence-electron chi connectivity index (χ1n) is 5.80. The summed E-state index contributed by atoms with van der Waals surface area (Å²) < 4.78 is 0. The smallest absolute Gasteiger partial charge is 0.219 e. The fourth-order valence-electron chi connectivity index (χ4n) is 1.49. The second kappa shape index (κ2) is 6.25. The minimum atomic E-state index is 0.0682. The van der Waals surface area contributed by atoms with E-state index in [1.165, 1.54) is 0 Å². The molecule has 0 radical (unpaired) electrons. The molecule has 0 heterocycles. The van der Waals surface area contributed by atoms with E-state index in [9.17, 15) is 4.79 Å². The molecule has 0 aliphatic rings. The third-order valence-electron chi connectivity index (χ3n) is 2.65. The van der Waals surface area contributed by atoms with Gasteiger partial charge in [0.05, 0.1) is 0 Å². The molecule has 0 bridgehead atoms. The van der Waals surface area contributed by atoms with E-state index in [2.05, 4.69) is 5.32 Å². The Morgan fingerprint density at radius 1 is 1.53 bits per heavy atom. The van der Waals surface area contributed by atoms with Crippen LogP contribution in [0.25, 0.3) is 0 Å². The highest BCUT2D eigenvalue weighted by molar-refractivity contribution is 5.72. The SMILES string of the molecule is CC(=O)N(C)Cc1cccc(NC(C)CN)c1. The molecule has 0 aromatic heterocycles. The second-order valence-corrected chi connectivity index (χ2v) is 4.36. The highest BCUT2D eigenvalue weighted by atomic mass is 16.2. The van der Waals surface area contributed by atoms with Crippen LogP contribution < -0.4 is 11.1 Å². The lowest BCUT2D eigenvalue weighted by Crippen LogP contribution is -2.25. The van der Waals surface area contributed by atoms with E-state index in [4.69, 9.17) is 5.73 Å². The Bertz CT molecular complexity index is 379. The number of carbonyl (C=O) groups is 1. The maximum Gasteiger partial charge on any atom is 0.219 e. The third-order valence-corrected chi connectivity index (χ3v) is 2.65. The molecular formula is C13H21N3O. The topological polar surface area (TPSA) is 58.4 Å². The van der Waals surface area contributed by atoms with Gasteiger partial charge in [-0.1, -0.05) is 12.1 Å². The minimum Gasteiger partial charge on any atom is -0.381 e. The fourth-order valence-corrected chi connectivity index (χ4v) is 1.49. The Morgan fingerprint density at radius 2 is 2.24 bits per heavy atom. The van der Waals surface area contributed by atoms with Gasteiger partial charge in [0.1, 0.15) is 0 Å². The first kappa shape index (κ1) is 13.5. The van der Waals surface area contributed by atoms with Crippen LogP contribution in [0.4, 0.5) is 5.69 Å². The van der Waals surface area contributed by atoms with Crippen molar-refractivity contribution in [2.75, 3.05) is 18.9 Å². The molecule has 0 fully saturated rings. The molecule has 1 amide bonds. The maximum absolute atomic E-state index is 11.2. The van der Waals surface area contributed by atoms with Gasteiger partial charge in [-0.15, -0.1) is 0 Å². The van der Waals surface area contributed by atoms with Crippen LogP contribution in [0.15, 0.2) is 24.3 Å². The van der Waals surface area contributed by atoms with Gasteiger partial charge in [0.15, 0.2) is 0 Å². The van der Waals surface area contributed by atoms with Gasteiger partial charge < -0.3 is 16.0 Å². The Balaban J connectivity index is 2.68. The van der Waals surface area contributed by atoms with Crippen molar-refractivity contribution in [2.24, 2.45) is 5.73 Å². The van der Waals surface area contributed by atoms with Gasteiger partial charge in [0.25, 0.3) is 0 Å². The van der Waals surface area contributed by atoms with Crippen LogP contribution in [0.5, 0.6) is 0 Å². The average molecular weight is 235 g/mol. The number of nitrogens with one attached hydrogen (secondary N) is 1. The van der Waals surface area contributed by atoms with Crippen molar-refractivity contribution in [3.63, 3.8) is 0 Å². The van der Waals surface area contributed by atoms with Crippen molar-refractivity contribution in [1.29, 1.82) is 0 Å². The molecule has 1 aromatic rings. The summed E-state index contributed by atoms with van der Waals surface area (Å²) in [6.07, 6.45) is 0. The number of carbonyl (C=O) groups excluding carboxylic acids is 1. The number of rotatable bonds is 5. The Labute approximate surface area is 103 Å². The zero-order chi connectivity index (χ0) is 12.8. The summed E-state index contributed by atoms with van der Waals surface area (Å²) in [5.41, 5.74) is 7.71. The van der Waals surface area contributed by atoms with Crippen molar-refractivity contribution >= 4 is 11.6 Å². The summed E-state index contributed by atoms with van der Waals surface area (Å²) in [6, 6.07) is 8.29. The van der Waals surface area contributed by atoms with Gasteiger partial charge in [-0.05, 0) is 24.6 Å². The summed E-state index contributed by atoms with van der Waals surface area (Å²) >= 11 is 0. The van der Waals surface area contributed by atoms with E-state index in [-0.39, 0.29) is 11.9 Å². The van der Waals surface area contributed by atoms with E-state index >= 15 is 0 Å². The Morgan fingerprint density at radius 3 is 2.82 bits per heavy atom.